The summed E-state index contributed by atoms with van der Waals surface area (Å²) in [5.41, 5.74) is 1.80. The fourth-order valence-corrected chi connectivity index (χ4v) is 3.70. The van der Waals surface area contributed by atoms with Gasteiger partial charge >= 0.3 is 0 Å². The van der Waals surface area contributed by atoms with Gasteiger partial charge in [-0.25, -0.2) is 8.42 Å². The molecule has 2 aromatic carbocycles. The Morgan fingerprint density at radius 1 is 1.15 bits per heavy atom. The summed E-state index contributed by atoms with van der Waals surface area (Å²) in [7, 11) is -3.41. The van der Waals surface area contributed by atoms with Gasteiger partial charge in [0.1, 0.15) is 6.04 Å². The Morgan fingerprint density at radius 3 is 2.46 bits per heavy atom. The minimum atomic E-state index is -3.41. The first kappa shape index (κ1) is 18.1. The first-order valence-corrected chi connectivity index (χ1v) is 10.2. The van der Waals surface area contributed by atoms with Crippen LogP contribution in [-0.2, 0) is 25.8 Å². The number of hydrogen-bond acceptors (Lipinski definition) is 4. The van der Waals surface area contributed by atoms with Crippen molar-refractivity contribution >= 4 is 33.0 Å². The topological polar surface area (TPSA) is 83.6 Å². The van der Waals surface area contributed by atoms with Gasteiger partial charge < -0.3 is 5.32 Å². The molecule has 0 unspecified atom stereocenters. The first-order valence-electron chi connectivity index (χ1n) is 8.32. The lowest BCUT2D eigenvalue weighted by Gasteiger charge is -2.36. The van der Waals surface area contributed by atoms with Crippen molar-refractivity contribution < 1.29 is 18.0 Å². The van der Waals surface area contributed by atoms with Crippen LogP contribution in [0.2, 0.25) is 0 Å². The van der Waals surface area contributed by atoms with E-state index in [0.717, 1.165) is 11.8 Å². The predicted molar refractivity (Wildman–Crippen MR) is 99.9 cm³/mol. The van der Waals surface area contributed by atoms with Crippen LogP contribution >= 0.6 is 0 Å². The van der Waals surface area contributed by atoms with Crippen LogP contribution in [-0.4, -0.2) is 32.5 Å². The summed E-state index contributed by atoms with van der Waals surface area (Å²) < 4.78 is 23.6. The second-order valence-corrected chi connectivity index (χ2v) is 8.28. The SMILES string of the molecule is CCC(=O)N1c2ccc(S(C)(=O)=O)cc2NC(=O)[C@@H]1Cc1ccccc1. The highest BCUT2D eigenvalue weighted by molar-refractivity contribution is 7.90. The maximum absolute atomic E-state index is 12.7. The molecule has 3 rings (SSSR count). The molecule has 2 amide bonds. The third-order valence-electron chi connectivity index (χ3n) is 4.37. The first-order chi connectivity index (χ1) is 12.3. The molecular weight excluding hydrogens is 352 g/mol. The molecule has 0 aromatic heterocycles. The van der Waals surface area contributed by atoms with E-state index in [9.17, 15) is 18.0 Å². The molecule has 7 heteroatoms. The van der Waals surface area contributed by atoms with E-state index in [4.69, 9.17) is 0 Å². The van der Waals surface area contributed by atoms with Crippen LogP contribution in [0.25, 0.3) is 0 Å². The number of hydrogen-bond donors (Lipinski definition) is 1. The molecule has 6 nitrogen and oxygen atoms in total. The van der Waals surface area contributed by atoms with E-state index in [-0.39, 0.29) is 23.1 Å². The van der Waals surface area contributed by atoms with Gasteiger partial charge in [0, 0.05) is 19.1 Å². The zero-order valence-electron chi connectivity index (χ0n) is 14.6. The Balaban J connectivity index is 2.06. The van der Waals surface area contributed by atoms with Crippen molar-refractivity contribution in [2.45, 2.75) is 30.7 Å². The van der Waals surface area contributed by atoms with Gasteiger partial charge in [0.15, 0.2) is 9.84 Å². The van der Waals surface area contributed by atoms with Gasteiger partial charge in [0.05, 0.1) is 16.3 Å². The van der Waals surface area contributed by atoms with Gasteiger partial charge in [-0.2, -0.15) is 0 Å². The Labute approximate surface area is 152 Å². The summed E-state index contributed by atoms with van der Waals surface area (Å²) in [6, 6.07) is 13.2. The van der Waals surface area contributed by atoms with Gasteiger partial charge in [-0.3, -0.25) is 14.5 Å². The third kappa shape index (κ3) is 3.48. The second-order valence-electron chi connectivity index (χ2n) is 6.26. The number of anilines is 2. The highest BCUT2D eigenvalue weighted by atomic mass is 32.2. The van der Waals surface area contributed by atoms with Crippen LogP contribution in [0.3, 0.4) is 0 Å². The van der Waals surface area contributed by atoms with Crippen LogP contribution in [0.4, 0.5) is 11.4 Å². The van der Waals surface area contributed by atoms with Crippen LogP contribution in [0.15, 0.2) is 53.4 Å². The highest BCUT2D eigenvalue weighted by Crippen LogP contribution is 2.35. The number of carbonyl (C=O) groups is 2. The zero-order chi connectivity index (χ0) is 18.9. The van der Waals surface area contributed by atoms with Crippen molar-refractivity contribution in [3.63, 3.8) is 0 Å². The molecule has 0 aliphatic carbocycles. The van der Waals surface area contributed by atoms with Crippen molar-refractivity contribution in [3.05, 3.63) is 54.1 Å². The van der Waals surface area contributed by atoms with Gasteiger partial charge in [0.2, 0.25) is 11.8 Å². The van der Waals surface area contributed by atoms with Crippen molar-refractivity contribution in [2.24, 2.45) is 0 Å². The molecule has 1 aliphatic rings. The lowest BCUT2D eigenvalue weighted by Crippen LogP contribution is -2.52. The van der Waals surface area contributed by atoms with E-state index in [0.29, 0.717) is 17.8 Å². The quantitative estimate of drug-likeness (QED) is 0.893. The molecule has 1 aliphatic heterocycles. The lowest BCUT2D eigenvalue weighted by atomic mass is 9.99. The molecule has 0 bridgehead atoms. The number of carbonyl (C=O) groups excluding carboxylic acids is 2. The largest absolute Gasteiger partial charge is 0.322 e. The number of fused-ring (bicyclic) bond motifs is 1. The number of nitrogens with zero attached hydrogens (tertiary/aromatic N) is 1. The lowest BCUT2D eigenvalue weighted by molar-refractivity contribution is -0.123. The molecule has 136 valence electrons. The molecule has 1 heterocycles. The van der Waals surface area contributed by atoms with E-state index < -0.39 is 15.9 Å². The molecule has 0 radical (unpaired) electrons. The monoisotopic (exact) mass is 372 g/mol. The van der Waals surface area contributed by atoms with E-state index in [1.165, 1.54) is 17.0 Å². The van der Waals surface area contributed by atoms with Gasteiger partial charge in [-0.05, 0) is 23.8 Å². The number of sulfone groups is 1. The Morgan fingerprint density at radius 2 is 1.85 bits per heavy atom. The Hall–Kier alpha value is -2.67. The number of amides is 2. The van der Waals surface area contributed by atoms with Crippen LogP contribution in [0, 0.1) is 0 Å². The summed E-state index contributed by atoms with van der Waals surface area (Å²) in [6.45, 7) is 1.74. The smallest absolute Gasteiger partial charge is 0.247 e. The highest BCUT2D eigenvalue weighted by Gasteiger charge is 2.36. The molecule has 26 heavy (non-hydrogen) atoms. The van der Waals surface area contributed by atoms with Crippen LogP contribution in [0.1, 0.15) is 18.9 Å². The summed E-state index contributed by atoms with van der Waals surface area (Å²) in [5.74, 6) is -0.511. The third-order valence-corrected chi connectivity index (χ3v) is 5.48. The van der Waals surface area contributed by atoms with Gasteiger partial charge in [-0.1, -0.05) is 37.3 Å². The molecule has 0 spiro atoms. The van der Waals surface area contributed by atoms with Crippen molar-refractivity contribution in [1.29, 1.82) is 0 Å². The molecule has 1 N–H and O–H groups in total. The molecular formula is C19H20N2O4S. The Kier molecular flexibility index (Phi) is 4.82. The fourth-order valence-electron chi connectivity index (χ4n) is 3.06. The summed E-state index contributed by atoms with van der Waals surface area (Å²) in [4.78, 5) is 26.9. The molecule has 2 aromatic rings. The van der Waals surface area contributed by atoms with Gasteiger partial charge in [0.25, 0.3) is 0 Å². The maximum atomic E-state index is 12.7. The van der Waals surface area contributed by atoms with Gasteiger partial charge in [-0.15, -0.1) is 0 Å². The summed E-state index contributed by atoms with van der Waals surface area (Å²) in [6.07, 6.45) is 1.73. The normalized spacial score (nSPS) is 16.8. The van der Waals surface area contributed by atoms with Crippen molar-refractivity contribution in [3.8, 4) is 0 Å². The average molecular weight is 372 g/mol. The minimum Gasteiger partial charge on any atom is -0.322 e. The minimum absolute atomic E-state index is 0.0990. The summed E-state index contributed by atoms with van der Waals surface area (Å²) >= 11 is 0. The maximum Gasteiger partial charge on any atom is 0.247 e. The standard InChI is InChI=1S/C19H20N2O4S/c1-3-18(22)21-16-10-9-14(26(2,24)25)12-15(16)20-19(23)17(21)11-13-7-5-4-6-8-13/h4-10,12,17H,3,11H2,1-2H3,(H,20,23)/t17-/m0/s1. The number of benzene rings is 2. The van der Waals surface area contributed by atoms with E-state index >= 15 is 0 Å². The summed E-state index contributed by atoms with van der Waals surface area (Å²) in [5, 5.41) is 2.75. The van der Waals surface area contributed by atoms with E-state index in [2.05, 4.69) is 5.32 Å². The van der Waals surface area contributed by atoms with Crippen LogP contribution in [0.5, 0.6) is 0 Å². The molecule has 1 atom stereocenters. The molecule has 0 fully saturated rings. The molecule has 0 saturated heterocycles. The number of rotatable bonds is 4. The predicted octanol–water partition coefficient (Wildman–Crippen LogP) is 2.40. The number of nitrogens with one attached hydrogen (secondary N) is 1. The second kappa shape index (κ2) is 6.92. The average Bonchev–Trinajstić information content (AvgIpc) is 2.61. The Bertz CT molecular complexity index is 955. The fraction of sp³-hybridized carbons (Fsp3) is 0.263. The van der Waals surface area contributed by atoms with E-state index in [1.807, 2.05) is 30.3 Å². The van der Waals surface area contributed by atoms with Crippen molar-refractivity contribution in [2.75, 3.05) is 16.5 Å². The van der Waals surface area contributed by atoms with Crippen LogP contribution < -0.4 is 10.2 Å². The molecule has 0 saturated carbocycles. The van der Waals surface area contributed by atoms with Crippen molar-refractivity contribution in [1.82, 2.24) is 0 Å². The zero-order valence-corrected chi connectivity index (χ0v) is 15.4. The van der Waals surface area contributed by atoms with E-state index in [1.54, 1.807) is 13.0 Å².